The number of hydrogen-bond acceptors (Lipinski definition) is 3. The first-order valence-electron chi connectivity index (χ1n) is 8.71. The smallest absolute Gasteiger partial charge is 0.345 e. The van der Waals surface area contributed by atoms with Crippen molar-refractivity contribution in [3.8, 4) is 11.1 Å². The SMILES string of the molecule is CCC(NC(=O)c1cccc(-c2ccc(C(F)(F)F)nc2)c1)c1cnn(C)c1. The van der Waals surface area contributed by atoms with Crippen LogP contribution in [0.2, 0.25) is 0 Å². The van der Waals surface area contributed by atoms with E-state index in [1.807, 2.05) is 13.1 Å². The highest BCUT2D eigenvalue weighted by atomic mass is 19.4. The summed E-state index contributed by atoms with van der Waals surface area (Å²) < 4.78 is 39.7. The van der Waals surface area contributed by atoms with E-state index in [2.05, 4.69) is 15.4 Å². The first-order valence-corrected chi connectivity index (χ1v) is 8.71. The Morgan fingerprint density at radius 1 is 1.18 bits per heavy atom. The van der Waals surface area contributed by atoms with Crippen molar-refractivity contribution in [3.05, 3.63) is 71.8 Å². The summed E-state index contributed by atoms with van der Waals surface area (Å²) in [6, 6.07) is 8.79. The second kappa shape index (κ2) is 7.84. The van der Waals surface area contributed by atoms with Crippen LogP contribution >= 0.6 is 0 Å². The highest BCUT2D eigenvalue weighted by molar-refractivity contribution is 5.95. The molecule has 0 spiro atoms. The van der Waals surface area contributed by atoms with Gasteiger partial charge in [-0.1, -0.05) is 25.1 Å². The number of pyridine rings is 1. The molecule has 3 rings (SSSR count). The van der Waals surface area contributed by atoms with Crippen molar-refractivity contribution in [2.45, 2.75) is 25.6 Å². The highest BCUT2D eigenvalue weighted by Gasteiger charge is 2.32. The van der Waals surface area contributed by atoms with Crippen molar-refractivity contribution in [2.75, 3.05) is 0 Å². The molecule has 2 heterocycles. The molecular formula is C20H19F3N4O. The van der Waals surface area contributed by atoms with E-state index >= 15 is 0 Å². The molecule has 146 valence electrons. The number of carbonyl (C=O) groups excluding carboxylic acids is 1. The second-order valence-electron chi connectivity index (χ2n) is 6.39. The lowest BCUT2D eigenvalue weighted by Gasteiger charge is -2.16. The number of halogens is 3. The molecule has 0 aliphatic rings. The number of rotatable bonds is 5. The number of benzene rings is 1. The lowest BCUT2D eigenvalue weighted by molar-refractivity contribution is -0.141. The zero-order valence-corrected chi connectivity index (χ0v) is 15.4. The van der Waals surface area contributed by atoms with Crippen LogP contribution in [0.4, 0.5) is 13.2 Å². The molecule has 3 aromatic rings. The Hall–Kier alpha value is -3.16. The van der Waals surface area contributed by atoms with E-state index in [1.54, 1.807) is 42.2 Å². The predicted molar refractivity (Wildman–Crippen MR) is 98.4 cm³/mol. The standard InChI is InChI=1S/C20H19F3N4O/c1-3-17(16-11-25-27(2)12-16)26-19(28)14-6-4-5-13(9-14)15-7-8-18(24-10-15)20(21,22)23/h4-12,17H,3H2,1-2H3,(H,26,28). The van der Waals surface area contributed by atoms with Gasteiger partial charge in [-0.05, 0) is 30.2 Å². The lowest BCUT2D eigenvalue weighted by atomic mass is 10.0. The third-order valence-corrected chi connectivity index (χ3v) is 4.35. The molecule has 1 unspecified atom stereocenters. The summed E-state index contributed by atoms with van der Waals surface area (Å²) in [5, 5.41) is 7.09. The maximum Gasteiger partial charge on any atom is 0.433 e. The molecule has 0 aliphatic heterocycles. The van der Waals surface area contributed by atoms with Gasteiger partial charge in [0.25, 0.3) is 5.91 Å². The molecule has 28 heavy (non-hydrogen) atoms. The highest BCUT2D eigenvalue weighted by Crippen LogP contribution is 2.29. The fourth-order valence-electron chi connectivity index (χ4n) is 2.86. The molecule has 1 atom stereocenters. The molecule has 0 aliphatic carbocycles. The van der Waals surface area contributed by atoms with Crippen LogP contribution in [0, 0.1) is 0 Å². The van der Waals surface area contributed by atoms with E-state index in [1.165, 1.54) is 6.07 Å². The van der Waals surface area contributed by atoms with Gasteiger partial charge in [0.1, 0.15) is 5.69 Å². The van der Waals surface area contributed by atoms with Crippen molar-refractivity contribution < 1.29 is 18.0 Å². The average molecular weight is 388 g/mol. The number of nitrogens with one attached hydrogen (secondary N) is 1. The number of carbonyl (C=O) groups is 1. The molecule has 2 aromatic heterocycles. The van der Waals surface area contributed by atoms with Crippen LogP contribution in [0.25, 0.3) is 11.1 Å². The minimum absolute atomic E-state index is 0.183. The first-order chi connectivity index (χ1) is 13.3. The molecule has 0 bridgehead atoms. The van der Waals surface area contributed by atoms with E-state index in [9.17, 15) is 18.0 Å². The van der Waals surface area contributed by atoms with Crippen LogP contribution < -0.4 is 5.32 Å². The Balaban J connectivity index is 1.79. The van der Waals surface area contributed by atoms with Gasteiger partial charge in [-0.2, -0.15) is 18.3 Å². The summed E-state index contributed by atoms with van der Waals surface area (Å²) in [5.74, 6) is -0.266. The molecule has 0 fully saturated rings. The van der Waals surface area contributed by atoms with Crippen molar-refractivity contribution in [3.63, 3.8) is 0 Å². The molecule has 0 saturated carbocycles. The van der Waals surface area contributed by atoms with E-state index < -0.39 is 11.9 Å². The maximum absolute atomic E-state index is 12.7. The number of hydrogen-bond donors (Lipinski definition) is 1. The molecule has 1 N–H and O–H groups in total. The molecule has 8 heteroatoms. The van der Waals surface area contributed by atoms with Crippen LogP contribution in [0.1, 0.15) is 41.0 Å². The predicted octanol–water partition coefficient (Wildman–Crippen LogP) is 4.38. The van der Waals surface area contributed by atoms with Crippen LogP contribution in [-0.4, -0.2) is 20.7 Å². The molecule has 1 aromatic carbocycles. The van der Waals surface area contributed by atoms with Crippen molar-refractivity contribution in [1.29, 1.82) is 0 Å². The molecule has 0 radical (unpaired) electrons. The van der Waals surface area contributed by atoms with Crippen LogP contribution in [0.5, 0.6) is 0 Å². The number of amides is 1. The van der Waals surface area contributed by atoms with Gasteiger partial charge in [-0.25, -0.2) is 0 Å². The summed E-state index contributed by atoms with van der Waals surface area (Å²) in [7, 11) is 1.81. The summed E-state index contributed by atoms with van der Waals surface area (Å²) in [6.45, 7) is 1.96. The number of nitrogens with zero attached hydrogens (tertiary/aromatic N) is 3. The van der Waals surface area contributed by atoms with Gasteiger partial charge in [0.2, 0.25) is 0 Å². The zero-order valence-electron chi connectivity index (χ0n) is 15.4. The third kappa shape index (κ3) is 4.39. The number of aryl methyl sites for hydroxylation is 1. The number of alkyl halides is 3. The average Bonchev–Trinajstić information content (AvgIpc) is 3.11. The van der Waals surface area contributed by atoms with Gasteiger partial charge >= 0.3 is 6.18 Å². The molecular weight excluding hydrogens is 369 g/mol. The fraction of sp³-hybridized carbons (Fsp3) is 0.250. The Labute approximate surface area is 160 Å². The zero-order chi connectivity index (χ0) is 20.3. The minimum atomic E-state index is -4.48. The monoisotopic (exact) mass is 388 g/mol. The topological polar surface area (TPSA) is 59.8 Å². The van der Waals surface area contributed by atoms with E-state index in [0.717, 1.165) is 17.8 Å². The molecule has 1 amide bonds. The summed E-state index contributed by atoms with van der Waals surface area (Å²) in [4.78, 5) is 16.1. The van der Waals surface area contributed by atoms with Crippen LogP contribution in [-0.2, 0) is 13.2 Å². The quantitative estimate of drug-likeness (QED) is 0.706. The molecule has 5 nitrogen and oxygen atoms in total. The Kier molecular flexibility index (Phi) is 5.48. The third-order valence-electron chi connectivity index (χ3n) is 4.35. The Morgan fingerprint density at radius 3 is 2.54 bits per heavy atom. The summed E-state index contributed by atoms with van der Waals surface area (Å²) >= 11 is 0. The largest absolute Gasteiger partial charge is 0.433 e. The van der Waals surface area contributed by atoms with Crippen LogP contribution in [0.3, 0.4) is 0 Å². The second-order valence-corrected chi connectivity index (χ2v) is 6.39. The van der Waals surface area contributed by atoms with Crippen molar-refractivity contribution in [2.24, 2.45) is 7.05 Å². The normalized spacial score (nSPS) is 12.6. The van der Waals surface area contributed by atoms with Crippen LogP contribution in [0.15, 0.2) is 55.0 Å². The van der Waals surface area contributed by atoms with Gasteiger partial charge in [0.15, 0.2) is 0 Å². The summed E-state index contributed by atoms with van der Waals surface area (Å²) in [5.41, 5.74) is 1.49. The van der Waals surface area contributed by atoms with Crippen molar-refractivity contribution >= 4 is 5.91 Å². The minimum Gasteiger partial charge on any atom is -0.345 e. The van der Waals surface area contributed by atoms with Gasteiger partial charge in [-0.3, -0.25) is 14.5 Å². The van der Waals surface area contributed by atoms with E-state index in [-0.39, 0.29) is 11.9 Å². The fourth-order valence-corrected chi connectivity index (χ4v) is 2.86. The Morgan fingerprint density at radius 2 is 1.96 bits per heavy atom. The van der Waals surface area contributed by atoms with Crippen molar-refractivity contribution in [1.82, 2.24) is 20.1 Å². The maximum atomic E-state index is 12.7. The number of aromatic nitrogens is 3. The van der Waals surface area contributed by atoms with E-state index in [4.69, 9.17) is 0 Å². The van der Waals surface area contributed by atoms with Gasteiger partial charge in [0.05, 0.1) is 12.2 Å². The van der Waals surface area contributed by atoms with E-state index in [0.29, 0.717) is 23.1 Å². The lowest BCUT2D eigenvalue weighted by Crippen LogP contribution is -2.28. The Bertz CT molecular complexity index is 964. The summed E-state index contributed by atoms with van der Waals surface area (Å²) in [6.07, 6.45) is 0.920. The van der Waals surface area contributed by atoms with Gasteiger partial charge in [0, 0.05) is 36.1 Å². The molecule has 0 saturated heterocycles. The first kappa shape index (κ1) is 19.6. The van der Waals surface area contributed by atoms with Gasteiger partial charge in [-0.15, -0.1) is 0 Å². The van der Waals surface area contributed by atoms with Gasteiger partial charge < -0.3 is 5.32 Å².